The van der Waals surface area contributed by atoms with Crippen molar-refractivity contribution in [3.63, 3.8) is 0 Å². The van der Waals surface area contributed by atoms with Crippen LogP contribution in [0.15, 0.2) is 0 Å². The highest BCUT2D eigenvalue weighted by molar-refractivity contribution is 5.71. The predicted octanol–water partition coefficient (Wildman–Crippen LogP) is 1.89. The molecule has 0 bridgehead atoms. The van der Waals surface area contributed by atoms with Crippen molar-refractivity contribution >= 4 is 5.97 Å². The summed E-state index contributed by atoms with van der Waals surface area (Å²) in [5, 5.41) is 0. The lowest BCUT2D eigenvalue weighted by Crippen LogP contribution is -2.27. The summed E-state index contributed by atoms with van der Waals surface area (Å²) in [6.45, 7) is 17.3. The van der Waals surface area contributed by atoms with E-state index in [1.54, 1.807) is 0 Å². The number of carbonyl (C=O) groups is 1. The second kappa shape index (κ2) is 25.7. The first-order chi connectivity index (χ1) is 17.3. The topological polar surface area (TPSA) is 109 Å². The van der Waals surface area contributed by atoms with E-state index in [2.05, 4.69) is 0 Å². The monoisotopic (exact) mass is 526 g/mol. The van der Waals surface area contributed by atoms with Gasteiger partial charge < -0.3 is 47.4 Å². The van der Waals surface area contributed by atoms with Crippen LogP contribution in [-0.4, -0.2) is 130 Å². The molecule has 0 radical (unpaired) electrons. The van der Waals surface area contributed by atoms with Crippen molar-refractivity contribution < 1.29 is 52.2 Å². The van der Waals surface area contributed by atoms with Crippen LogP contribution in [0, 0.1) is 0 Å². The Morgan fingerprint density at radius 1 is 0.500 bits per heavy atom. The van der Waals surface area contributed by atoms with Gasteiger partial charge in [0, 0.05) is 0 Å². The molecule has 0 heterocycles. The molecule has 0 unspecified atom stereocenters. The number of esters is 1. The zero-order valence-corrected chi connectivity index (χ0v) is 23.1. The van der Waals surface area contributed by atoms with Gasteiger partial charge in [0.05, 0.1) is 112 Å². The van der Waals surface area contributed by atoms with E-state index >= 15 is 0 Å². The zero-order valence-electron chi connectivity index (χ0n) is 23.1. The minimum Gasteiger partial charge on any atom is -0.458 e. The molecule has 36 heavy (non-hydrogen) atoms. The molecule has 0 aromatic heterocycles. The summed E-state index contributed by atoms with van der Waals surface area (Å²) in [5.74, 6) is -0.382. The van der Waals surface area contributed by atoms with Gasteiger partial charge >= 0.3 is 5.97 Å². The Labute approximate surface area is 217 Å². The van der Waals surface area contributed by atoms with Crippen LogP contribution < -0.4 is 0 Å². The van der Waals surface area contributed by atoms with Crippen molar-refractivity contribution in [2.24, 2.45) is 0 Å². The largest absolute Gasteiger partial charge is 0.458 e. The Hall–Kier alpha value is -0.890. The van der Waals surface area contributed by atoms with E-state index in [-0.39, 0.29) is 18.7 Å². The molecule has 0 N–H and O–H groups in total. The van der Waals surface area contributed by atoms with E-state index in [1.165, 1.54) is 0 Å². The highest BCUT2D eigenvalue weighted by atomic mass is 16.6. The maximum atomic E-state index is 11.5. The van der Waals surface area contributed by atoms with Gasteiger partial charge in [0.1, 0.15) is 12.2 Å². The maximum absolute atomic E-state index is 11.5. The van der Waals surface area contributed by atoms with Crippen LogP contribution >= 0.6 is 0 Å². The minimum atomic E-state index is -0.504. The molecule has 11 nitrogen and oxygen atoms in total. The van der Waals surface area contributed by atoms with Gasteiger partial charge in [-0.3, -0.25) is 0 Å². The van der Waals surface area contributed by atoms with Gasteiger partial charge in [0.15, 0.2) is 0 Å². The molecule has 0 saturated heterocycles. The predicted molar refractivity (Wildman–Crippen MR) is 133 cm³/mol. The molecule has 0 aromatic carbocycles. The molecule has 0 saturated carbocycles. The zero-order chi connectivity index (χ0) is 26.7. The van der Waals surface area contributed by atoms with E-state index in [1.807, 2.05) is 34.6 Å². The van der Waals surface area contributed by atoms with Crippen molar-refractivity contribution in [1.82, 2.24) is 0 Å². The summed E-state index contributed by atoms with van der Waals surface area (Å²) in [7, 11) is 0. The fraction of sp³-hybridized carbons (Fsp3) is 0.960. The standard InChI is InChI=1S/C25H50O11/c1-23(2)35-21-20-33-17-16-31-13-12-29-9-8-27-6-7-28-10-11-30-14-15-32-18-19-34-22-24(26)36-25(3,4)5/h23H,6-22H2,1-5H3. The number of hydrogen-bond donors (Lipinski definition) is 0. The molecular formula is C25H50O11. The van der Waals surface area contributed by atoms with Crippen LogP contribution in [0.3, 0.4) is 0 Å². The van der Waals surface area contributed by atoms with E-state index < -0.39 is 5.60 Å². The Balaban J connectivity index is 3.10. The number of hydrogen-bond acceptors (Lipinski definition) is 11. The van der Waals surface area contributed by atoms with Crippen molar-refractivity contribution in [3.05, 3.63) is 0 Å². The van der Waals surface area contributed by atoms with E-state index in [4.69, 9.17) is 47.4 Å². The molecule has 0 spiro atoms. The molecule has 0 atom stereocenters. The van der Waals surface area contributed by atoms with Crippen LogP contribution in [0.2, 0.25) is 0 Å². The van der Waals surface area contributed by atoms with E-state index in [0.29, 0.717) is 106 Å². The lowest BCUT2D eigenvalue weighted by molar-refractivity contribution is -0.160. The average Bonchev–Trinajstić information content (AvgIpc) is 2.80. The van der Waals surface area contributed by atoms with Gasteiger partial charge in [-0.15, -0.1) is 0 Å². The van der Waals surface area contributed by atoms with Crippen molar-refractivity contribution in [3.8, 4) is 0 Å². The molecule has 0 aromatic rings. The van der Waals surface area contributed by atoms with Gasteiger partial charge in [-0.2, -0.15) is 0 Å². The Morgan fingerprint density at radius 3 is 1.06 bits per heavy atom. The van der Waals surface area contributed by atoms with Crippen molar-refractivity contribution in [2.75, 3.05) is 112 Å². The van der Waals surface area contributed by atoms with E-state index in [9.17, 15) is 4.79 Å². The third-order valence-corrected chi connectivity index (χ3v) is 3.92. The number of ether oxygens (including phenoxy) is 10. The van der Waals surface area contributed by atoms with Gasteiger partial charge in [-0.25, -0.2) is 4.79 Å². The summed E-state index contributed by atoms with van der Waals surface area (Å²) >= 11 is 0. The van der Waals surface area contributed by atoms with Crippen LogP contribution in [0.5, 0.6) is 0 Å². The number of carbonyl (C=O) groups excluding carboxylic acids is 1. The first-order valence-electron chi connectivity index (χ1n) is 12.8. The first-order valence-corrected chi connectivity index (χ1v) is 12.8. The third kappa shape index (κ3) is 31.1. The Bertz CT molecular complexity index is 469. The molecule has 216 valence electrons. The van der Waals surface area contributed by atoms with Crippen LogP contribution in [0.4, 0.5) is 0 Å². The maximum Gasteiger partial charge on any atom is 0.332 e. The molecule has 0 aliphatic heterocycles. The Morgan fingerprint density at radius 2 is 0.778 bits per heavy atom. The molecule has 0 amide bonds. The summed E-state index contributed by atoms with van der Waals surface area (Å²) < 4.78 is 53.6. The normalized spacial score (nSPS) is 11.9. The SMILES string of the molecule is CC(C)OCCOCCOCCOCCOCCOCCOCCOCCOCC(=O)OC(C)(C)C. The molecule has 0 rings (SSSR count). The summed E-state index contributed by atoms with van der Waals surface area (Å²) in [6, 6.07) is 0. The van der Waals surface area contributed by atoms with Crippen molar-refractivity contribution in [1.29, 1.82) is 0 Å². The second-order valence-electron chi connectivity index (χ2n) is 8.85. The number of rotatable bonds is 27. The van der Waals surface area contributed by atoms with Gasteiger partial charge in [-0.1, -0.05) is 0 Å². The van der Waals surface area contributed by atoms with Gasteiger partial charge in [0.2, 0.25) is 0 Å². The third-order valence-electron chi connectivity index (χ3n) is 3.92. The molecule has 0 fully saturated rings. The minimum absolute atomic E-state index is 0.0771. The lowest BCUT2D eigenvalue weighted by atomic mass is 10.2. The average molecular weight is 527 g/mol. The molecule has 11 heteroatoms. The Kier molecular flexibility index (Phi) is 25.1. The molecule has 0 aliphatic carbocycles. The van der Waals surface area contributed by atoms with Crippen molar-refractivity contribution in [2.45, 2.75) is 46.3 Å². The highest BCUT2D eigenvalue weighted by Crippen LogP contribution is 2.06. The first kappa shape index (κ1) is 35.1. The molecular weight excluding hydrogens is 476 g/mol. The van der Waals surface area contributed by atoms with Gasteiger partial charge in [-0.05, 0) is 34.6 Å². The quantitative estimate of drug-likeness (QED) is 0.116. The smallest absolute Gasteiger partial charge is 0.332 e. The fourth-order valence-corrected chi connectivity index (χ4v) is 2.41. The van der Waals surface area contributed by atoms with Crippen LogP contribution in [0.1, 0.15) is 34.6 Å². The molecule has 0 aliphatic rings. The van der Waals surface area contributed by atoms with Crippen LogP contribution in [0.25, 0.3) is 0 Å². The summed E-state index contributed by atoms with van der Waals surface area (Å²) in [6.07, 6.45) is 0.230. The fourth-order valence-electron chi connectivity index (χ4n) is 2.41. The van der Waals surface area contributed by atoms with E-state index in [0.717, 1.165) is 0 Å². The lowest BCUT2D eigenvalue weighted by Gasteiger charge is -2.19. The highest BCUT2D eigenvalue weighted by Gasteiger charge is 2.15. The van der Waals surface area contributed by atoms with Gasteiger partial charge in [0.25, 0.3) is 0 Å². The van der Waals surface area contributed by atoms with Crippen LogP contribution in [-0.2, 0) is 52.2 Å². The second-order valence-corrected chi connectivity index (χ2v) is 8.85. The summed E-state index contributed by atoms with van der Waals surface area (Å²) in [5.41, 5.74) is -0.504. The summed E-state index contributed by atoms with van der Waals surface area (Å²) in [4.78, 5) is 11.5.